The molecule has 0 aliphatic carbocycles. The molecule has 0 spiro atoms. The number of hydrogen-bond acceptors (Lipinski definition) is 4. The van der Waals surface area contributed by atoms with Crippen molar-refractivity contribution in [3.8, 4) is 0 Å². The number of sulfonamides is 1. The molecule has 22 heavy (non-hydrogen) atoms. The summed E-state index contributed by atoms with van der Waals surface area (Å²) < 4.78 is 27.1. The normalized spacial score (nSPS) is 17.9. The summed E-state index contributed by atoms with van der Waals surface area (Å²) in [6.07, 6.45) is 1.82. The smallest absolute Gasteiger partial charge is 0.243 e. The van der Waals surface area contributed by atoms with E-state index in [1.807, 2.05) is 6.92 Å². The summed E-state index contributed by atoms with van der Waals surface area (Å²) in [5.41, 5.74) is 8.13. The van der Waals surface area contributed by atoms with E-state index in [0.717, 1.165) is 24.1 Å². The number of hydrogen-bond donors (Lipinski definition) is 1. The lowest BCUT2D eigenvalue weighted by Crippen LogP contribution is -2.37. The Bertz CT molecular complexity index is 809. The number of fused-ring (bicyclic) bond motifs is 1. The standard InChI is InChI=1S/C16H21N3O2S/c1-11-5-7-19(8-6-11)22(20,21)13-3-4-16-14(10-13)15(17)9-12(2)18-16/h3-4,9-11H,5-8H2,1-2H3,(H2,17,18). The first-order chi connectivity index (χ1) is 10.4. The highest BCUT2D eigenvalue weighted by Gasteiger charge is 2.28. The average Bonchev–Trinajstić information content (AvgIpc) is 2.47. The zero-order valence-corrected chi connectivity index (χ0v) is 13.7. The fourth-order valence-electron chi connectivity index (χ4n) is 2.90. The van der Waals surface area contributed by atoms with Gasteiger partial charge in [-0.3, -0.25) is 4.98 Å². The number of pyridine rings is 1. The fraction of sp³-hybridized carbons (Fsp3) is 0.438. The SMILES string of the molecule is Cc1cc(N)c2cc(S(=O)(=O)N3CCC(C)CC3)ccc2n1. The van der Waals surface area contributed by atoms with Crippen LogP contribution >= 0.6 is 0 Å². The molecule has 1 saturated heterocycles. The van der Waals surface area contributed by atoms with Crippen molar-refractivity contribution in [1.29, 1.82) is 0 Å². The van der Waals surface area contributed by atoms with Crippen molar-refractivity contribution < 1.29 is 8.42 Å². The van der Waals surface area contributed by atoms with Crippen molar-refractivity contribution in [2.75, 3.05) is 18.8 Å². The molecule has 0 unspecified atom stereocenters. The van der Waals surface area contributed by atoms with Crippen LogP contribution in [0.5, 0.6) is 0 Å². The number of aryl methyl sites for hydroxylation is 1. The van der Waals surface area contributed by atoms with Gasteiger partial charge < -0.3 is 5.73 Å². The van der Waals surface area contributed by atoms with Crippen LogP contribution in [0.25, 0.3) is 10.9 Å². The third kappa shape index (κ3) is 2.68. The maximum absolute atomic E-state index is 12.8. The second kappa shape index (κ2) is 5.52. The van der Waals surface area contributed by atoms with Gasteiger partial charge in [0.15, 0.2) is 0 Å². The van der Waals surface area contributed by atoms with Gasteiger partial charge in [0.25, 0.3) is 0 Å². The number of anilines is 1. The quantitative estimate of drug-likeness (QED) is 0.923. The summed E-state index contributed by atoms with van der Waals surface area (Å²) in [6.45, 7) is 5.20. The molecule has 118 valence electrons. The van der Waals surface area contributed by atoms with E-state index in [1.165, 1.54) is 0 Å². The molecular weight excluding hydrogens is 298 g/mol. The number of benzene rings is 1. The van der Waals surface area contributed by atoms with Crippen LogP contribution in [0.2, 0.25) is 0 Å². The number of nitrogen functional groups attached to an aromatic ring is 1. The summed E-state index contributed by atoms with van der Waals surface area (Å²) in [6, 6.07) is 6.77. The molecule has 1 aromatic carbocycles. The van der Waals surface area contributed by atoms with Gasteiger partial charge in [0.05, 0.1) is 10.4 Å². The molecule has 2 N–H and O–H groups in total. The molecule has 0 radical (unpaired) electrons. The van der Waals surface area contributed by atoms with Crippen molar-refractivity contribution in [3.63, 3.8) is 0 Å². The van der Waals surface area contributed by atoms with Gasteiger partial charge in [-0.15, -0.1) is 0 Å². The summed E-state index contributed by atoms with van der Waals surface area (Å²) in [4.78, 5) is 4.69. The molecule has 0 bridgehead atoms. The average molecular weight is 319 g/mol. The molecule has 0 atom stereocenters. The zero-order valence-electron chi connectivity index (χ0n) is 12.9. The topological polar surface area (TPSA) is 76.3 Å². The Kier molecular flexibility index (Phi) is 3.82. The highest BCUT2D eigenvalue weighted by atomic mass is 32.2. The van der Waals surface area contributed by atoms with Crippen molar-refractivity contribution in [3.05, 3.63) is 30.0 Å². The first-order valence-corrected chi connectivity index (χ1v) is 8.99. The second-order valence-corrected chi connectivity index (χ2v) is 8.06. The molecule has 1 fully saturated rings. The van der Waals surface area contributed by atoms with E-state index in [-0.39, 0.29) is 0 Å². The monoisotopic (exact) mass is 319 g/mol. The number of rotatable bonds is 2. The van der Waals surface area contributed by atoms with E-state index in [0.29, 0.717) is 35.0 Å². The molecule has 1 aromatic heterocycles. The van der Waals surface area contributed by atoms with Crippen LogP contribution in [-0.4, -0.2) is 30.8 Å². The summed E-state index contributed by atoms with van der Waals surface area (Å²) in [7, 11) is -3.45. The molecular formula is C16H21N3O2S. The third-order valence-corrected chi connectivity index (χ3v) is 6.22. The van der Waals surface area contributed by atoms with Crippen molar-refractivity contribution in [2.45, 2.75) is 31.6 Å². The van der Waals surface area contributed by atoms with Gasteiger partial charge in [-0.25, -0.2) is 8.42 Å². The lowest BCUT2D eigenvalue weighted by atomic mass is 10.0. The Morgan fingerprint density at radius 3 is 2.59 bits per heavy atom. The Labute approximate surface area is 131 Å². The molecule has 1 aliphatic rings. The second-order valence-electron chi connectivity index (χ2n) is 6.12. The Morgan fingerprint density at radius 2 is 1.91 bits per heavy atom. The van der Waals surface area contributed by atoms with Crippen LogP contribution in [0.15, 0.2) is 29.2 Å². The van der Waals surface area contributed by atoms with E-state index in [4.69, 9.17) is 5.73 Å². The van der Waals surface area contributed by atoms with Crippen LogP contribution in [0.4, 0.5) is 5.69 Å². The van der Waals surface area contributed by atoms with Crippen LogP contribution in [0, 0.1) is 12.8 Å². The lowest BCUT2D eigenvalue weighted by Gasteiger charge is -2.29. The predicted molar refractivity (Wildman–Crippen MR) is 88.0 cm³/mol. The number of nitrogens with zero attached hydrogens (tertiary/aromatic N) is 2. The number of piperidine rings is 1. The molecule has 6 heteroatoms. The van der Waals surface area contributed by atoms with Gasteiger partial charge >= 0.3 is 0 Å². The van der Waals surface area contributed by atoms with Crippen molar-refractivity contribution in [1.82, 2.24) is 9.29 Å². The van der Waals surface area contributed by atoms with E-state index in [9.17, 15) is 8.42 Å². The van der Waals surface area contributed by atoms with Gasteiger partial charge in [-0.2, -0.15) is 4.31 Å². The summed E-state index contributed by atoms with van der Waals surface area (Å²) in [5, 5.41) is 0.692. The van der Waals surface area contributed by atoms with Gasteiger partial charge in [0, 0.05) is 29.9 Å². The van der Waals surface area contributed by atoms with Crippen LogP contribution in [-0.2, 0) is 10.0 Å². The highest BCUT2D eigenvalue weighted by molar-refractivity contribution is 7.89. The Morgan fingerprint density at radius 1 is 1.23 bits per heavy atom. The zero-order chi connectivity index (χ0) is 15.9. The minimum Gasteiger partial charge on any atom is -0.398 e. The minimum atomic E-state index is -3.45. The van der Waals surface area contributed by atoms with Crippen molar-refractivity contribution in [2.24, 2.45) is 5.92 Å². The lowest BCUT2D eigenvalue weighted by molar-refractivity contribution is 0.288. The van der Waals surface area contributed by atoms with Crippen LogP contribution in [0.1, 0.15) is 25.5 Å². The van der Waals surface area contributed by atoms with Crippen LogP contribution in [0.3, 0.4) is 0 Å². The number of aromatic nitrogens is 1. The van der Waals surface area contributed by atoms with E-state index in [1.54, 1.807) is 28.6 Å². The van der Waals surface area contributed by atoms with E-state index >= 15 is 0 Å². The maximum atomic E-state index is 12.8. The first kappa shape index (κ1) is 15.2. The summed E-state index contributed by atoms with van der Waals surface area (Å²) in [5.74, 6) is 0.589. The number of nitrogens with two attached hydrogens (primary N) is 1. The highest BCUT2D eigenvalue weighted by Crippen LogP contribution is 2.27. The Balaban J connectivity index is 2.02. The molecule has 2 heterocycles. The molecule has 0 amide bonds. The molecule has 3 rings (SSSR count). The van der Waals surface area contributed by atoms with Gasteiger partial charge in [0.2, 0.25) is 10.0 Å². The minimum absolute atomic E-state index is 0.298. The largest absolute Gasteiger partial charge is 0.398 e. The maximum Gasteiger partial charge on any atom is 0.243 e. The summed E-state index contributed by atoms with van der Waals surface area (Å²) >= 11 is 0. The van der Waals surface area contributed by atoms with E-state index in [2.05, 4.69) is 11.9 Å². The molecule has 0 saturated carbocycles. The Hall–Kier alpha value is -1.66. The van der Waals surface area contributed by atoms with Gasteiger partial charge in [-0.1, -0.05) is 6.92 Å². The molecule has 5 nitrogen and oxygen atoms in total. The van der Waals surface area contributed by atoms with Crippen LogP contribution < -0.4 is 5.73 Å². The molecule has 1 aliphatic heterocycles. The third-order valence-electron chi connectivity index (χ3n) is 4.32. The van der Waals surface area contributed by atoms with Gasteiger partial charge in [0.1, 0.15) is 0 Å². The fourth-order valence-corrected chi connectivity index (χ4v) is 4.40. The van der Waals surface area contributed by atoms with Gasteiger partial charge in [-0.05, 0) is 49.9 Å². The predicted octanol–water partition coefficient (Wildman–Crippen LogP) is 2.55. The van der Waals surface area contributed by atoms with E-state index < -0.39 is 10.0 Å². The van der Waals surface area contributed by atoms with Crippen molar-refractivity contribution >= 4 is 26.6 Å². The molecule has 2 aromatic rings. The first-order valence-electron chi connectivity index (χ1n) is 7.55.